The van der Waals surface area contributed by atoms with Crippen LogP contribution >= 0.6 is 23.2 Å². The van der Waals surface area contributed by atoms with Gasteiger partial charge < -0.3 is 5.32 Å². The minimum absolute atomic E-state index is 0.251. The molecule has 0 spiro atoms. The van der Waals surface area contributed by atoms with Crippen molar-refractivity contribution in [2.24, 2.45) is 5.92 Å². The molecule has 17 heavy (non-hydrogen) atoms. The van der Waals surface area contributed by atoms with Crippen molar-refractivity contribution in [3.05, 3.63) is 34.6 Å². The SMILES string of the molecule is CC(CCl)CCCNCc1ccc(Cl)cc1F. The summed E-state index contributed by atoms with van der Waals surface area (Å²) in [5.41, 5.74) is 0.653. The van der Waals surface area contributed by atoms with E-state index in [-0.39, 0.29) is 5.82 Å². The second-order valence-electron chi connectivity index (χ2n) is 4.31. The fourth-order valence-corrected chi connectivity index (χ4v) is 1.85. The van der Waals surface area contributed by atoms with Crippen molar-refractivity contribution >= 4 is 23.2 Å². The maximum Gasteiger partial charge on any atom is 0.129 e. The summed E-state index contributed by atoms with van der Waals surface area (Å²) >= 11 is 11.4. The van der Waals surface area contributed by atoms with Crippen LogP contribution in [-0.4, -0.2) is 12.4 Å². The number of rotatable bonds is 7. The van der Waals surface area contributed by atoms with Crippen LogP contribution in [0.1, 0.15) is 25.3 Å². The Balaban J connectivity index is 2.22. The molecule has 0 saturated carbocycles. The lowest BCUT2D eigenvalue weighted by Gasteiger charge is -2.08. The third-order valence-electron chi connectivity index (χ3n) is 2.64. The second kappa shape index (κ2) is 7.91. The Morgan fingerprint density at radius 2 is 2.18 bits per heavy atom. The van der Waals surface area contributed by atoms with E-state index in [0.29, 0.717) is 28.9 Å². The second-order valence-corrected chi connectivity index (χ2v) is 5.06. The van der Waals surface area contributed by atoms with Crippen LogP contribution in [0, 0.1) is 11.7 Å². The number of alkyl halides is 1. The van der Waals surface area contributed by atoms with Gasteiger partial charge in [-0.1, -0.05) is 24.6 Å². The highest BCUT2D eigenvalue weighted by atomic mass is 35.5. The lowest BCUT2D eigenvalue weighted by Crippen LogP contribution is -2.16. The van der Waals surface area contributed by atoms with Gasteiger partial charge in [-0.25, -0.2) is 4.39 Å². The zero-order valence-electron chi connectivity index (χ0n) is 9.98. The van der Waals surface area contributed by atoms with Gasteiger partial charge in [-0.05, 0) is 37.4 Å². The van der Waals surface area contributed by atoms with Gasteiger partial charge in [-0.15, -0.1) is 11.6 Å². The minimum Gasteiger partial charge on any atom is -0.313 e. The van der Waals surface area contributed by atoms with E-state index < -0.39 is 0 Å². The van der Waals surface area contributed by atoms with E-state index in [0.717, 1.165) is 19.4 Å². The van der Waals surface area contributed by atoms with Gasteiger partial charge in [0.1, 0.15) is 5.82 Å². The Kier molecular flexibility index (Phi) is 6.86. The first-order valence-corrected chi connectivity index (χ1v) is 6.75. The molecule has 1 nitrogen and oxygen atoms in total. The highest BCUT2D eigenvalue weighted by Crippen LogP contribution is 2.14. The predicted octanol–water partition coefficient (Wildman–Crippen LogP) is 4.22. The van der Waals surface area contributed by atoms with E-state index >= 15 is 0 Å². The highest BCUT2D eigenvalue weighted by Gasteiger charge is 2.03. The lowest BCUT2D eigenvalue weighted by molar-refractivity contribution is 0.524. The van der Waals surface area contributed by atoms with E-state index in [1.807, 2.05) is 0 Å². The Labute approximate surface area is 112 Å². The minimum atomic E-state index is -0.251. The average Bonchev–Trinajstić information content (AvgIpc) is 2.30. The van der Waals surface area contributed by atoms with E-state index in [2.05, 4.69) is 12.2 Å². The van der Waals surface area contributed by atoms with E-state index in [9.17, 15) is 4.39 Å². The molecule has 96 valence electrons. The number of halogens is 3. The average molecular weight is 278 g/mol. The molecule has 0 heterocycles. The van der Waals surface area contributed by atoms with Crippen molar-refractivity contribution in [1.29, 1.82) is 0 Å². The summed E-state index contributed by atoms with van der Waals surface area (Å²) < 4.78 is 13.4. The molecule has 0 aromatic heterocycles. The van der Waals surface area contributed by atoms with E-state index in [1.54, 1.807) is 12.1 Å². The van der Waals surface area contributed by atoms with Crippen LogP contribution in [0.15, 0.2) is 18.2 Å². The smallest absolute Gasteiger partial charge is 0.129 e. The predicted molar refractivity (Wildman–Crippen MR) is 72.2 cm³/mol. The van der Waals surface area contributed by atoms with Crippen LogP contribution in [0.4, 0.5) is 4.39 Å². The molecule has 0 fully saturated rings. The molecule has 1 aromatic rings. The van der Waals surface area contributed by atoms with Crippen LogP contribution in [0.2, 0.25) is 5.02 Å². The van der Waals surface area contributed by atoms with Gasteiger partial charge in [0.2, 0.25) is 0 Å². The molecule has 0 aliphatic rings. The fraction of sp³-hybridized carbons (Fsp3) is 0.538. The normalized spacial score (nSPS) is 12.7. The zero-order valence-corrected chi connectivity index (χ0v) is 11.5. The monoisotopic (exact) mass is 277 g/mol. The molecule has 1 rings (SSSR count). The van der Waals surface area contributed by atoms with Crippen LogP contribution in [0.5, 0.6) is 0 Å². The van der Waals surface area contributed by atoms with Gasteiger partial charge in [0.25, 0.3) is 0 Å². The molecule has 0 aliphatic heterocycles. The number of nitrogens with one attached hydrogen (secondary N) is 1. The molecule has 1 atom stereocenters. The molecule has 0 radical (unpaired) electrons. The van der Waals surface area contributed by atoms with E-state index in [4.69, 9.17) is 23.2 Å². The van der Waals surface area contributed by atoms with Gasteiger partial charge in [0.05, 0.1) is 0 Å². The van der Waals surface area contributed by atoms with Crippen LogP contribution in [0.25, 0.3) is 0 Å². The molecule has 1 unspecified atom stereocenters. The molecule has 1 aromatic carbocycles. The van der Waals surface area contributed by atoms with Crippen molar-refractivity contribution in [3.63, 3.8) is 0 Å². The Bertz CT molecular complexity index is 344. The molecular formula is C13H18Cl2FN. The van der Waals surface area contributed by atoms with Crippen LogP contribution in [-0.2, 0) is 6.54 Å². The molecule has 0 saturated heterocycles. The van der Waals surface area contributed by atoms with Crippen molar-refractivity contribution in [3.8, 4) is 0 Å². The number of hydrogen-bond donors (Lipinski definition) is 1. The molecule has 0 aliphatic carbocycles. The van der Waals surface area contributed by atoms with Crippen molar-refractivity contribution < 1.29 is 4.39 Å². The summed E-state index contributed by atoms with van der Waals surface area (Å²) in [6, 6.07) is 4.76. The van der Waals surface area contributed by atoms with Gasteiger partial charge in [-0.2, -0.15) is 0 Å². The first-order chi connectivity index (χ1) is 8.13. The van der Waals surface area contributed by atoms with Gasteiger partial charge in [0.15, 0.2) is 0 Å². The summed E-state index contributed by atoms with van der Waals surface area (Å²) in [5.74, 6) is 0.996. The lowest BCUT2D eigenvalue weighted by atomic mass is 10.1. The maximum absolute atomic E-state index is 13.4. The summed E-state index contributed by atoms with van der Waals surface area (Å²) in [6.07, 6.45) is 2.16. The third kappa shape index (κ3) is 5.71. The Morgan fingerprint density at radius 3 is 2.82 bits per heavy atom. The molecule has 4 heteroatoms. The largest absolute Gasteiger partial charge is 0.313 e. The van der Waals surface area contributed by atoms with Crippen molar-refractivity contribution in [1.82, 2.24) is 5.32 Å². The molecular weight excluding hydrogens is 260 g/mol. The summed E-state index contributed by atoms with van der Waals surface area (Å²) in [7, 11) is 0. The number of benzene rings is 1. The van der Waals surface area contributed by atoms with Crippen LogP contribution < -0.4 is 5.32 Å². The van der Waals surface area contributed by atoms with Crippen molar-refractivity contribution in [2.45, 2.75) is 26.3 Å². The molecule has 1 N–H and O–H groups in total. The van der Waals surface area contributed by atoms with E-state index in [1.165, 1.54) is 6.07 Å². The van der Waals surface area contributed by atoms with Crippen molar-refractivity contribution in [2.75, 3.05) is 12.4 Å². The fourth-order valence-electron chi connectivity index (χ4n) is 1.54. The standard InChI is InChI=1S/C13H18Cl2FN/c1-10(8-14)3-2-6-17-9-11-4-5-12(15)7-13(11)16/h4-5,7,10,17H,2-3,6,8-9H2,1H3. The zero-order chi connectivity index (χ0) is 12.7. The highest BCUT2D eigenvalue weighted by molar-refractivity contribution is 6.30. The maximum atomic E-state index is 13.4. The molecule has 0 amide bonds. The third-order valence-corrected chi connectivity index (χ3v) is 3.41. The summed E-state index contributed by atoms with van der Waals surface area (Å²) in [4.78, 5) is 0. The van der Waals surface area contributed by atoms with Gasteiger partial charge in [-0.3, -0.25) is 0 Å². The number of hydrogen-bond acceptors (Lipinski definition) is 1. The van der Waals surface area contributed by atoms with Gasteiger partial charge in [0, 0.05) is 23.0 Å². The van der Waals surface area contributed by atoms with Crippen LogP contribution in [0.3, 0.4) is 0 Å². The first-order valence-electron chi connectivity index (χ1n) is 5.84. The quantitative estimate of drug-likeness (QED) is 0.581. The molecule has 0 bridgehead atoms. The summed E-state index contributed by atoms with van der Waals surface area (Å²) in [6.45, 7) is 3.55. The summed E-state index contributed by atoms with van der Waals surface area (Å²) in [5, 5.41) is 3.65. The van der Waals surface area contributed by atoms with Gasteiger partial charge >= 0.3 is 0 Å². The Hall–Kier alpha value is -0.310. The topological polar surface area (TPSA) is 12.0 Å². The Morgan fingerprint density at radius 1 is 1.41 bits per heavy atom. The first kappa shape index (κ1) is 14.7.